The number of nitrogens with zero attached hydrogens (tertiary/aromatic N) is 1. The van der Waals surface area contributed by atoms with Crippen LogP contribution in [0.2, 0.25) is 0 Å². The van der Waals surface area contributed by atoms with Crippen LogP contribution < -0.4 is 11.1 Å². The van der Waals surface area contributed by atoms with Crippen molar-refractivity contribution in [2.45, 2.75) is 39.1 Å². The summed E-state index contributed by atoms with van der Waals surface area (Å²) in [6, 6.07) is 14.5. The van der Waals surface area contributed by atoms with Gasteiger partial charge in [-0.25, -0.2) is 0 Å². The monoisotopic (exact) mass is 381 g/mol. The number of morpholine rings is 1. The lowest BCUT2D eigenvalue weighted by atomic mass is 10.1. The minimum Gasteiger partial charge on any atom is -0.373 e. The summed E-state index contributed by atoms with van der Waals surface area (Å²) in [5, 5.41) is 2.96. The second-order valence-electron chi connectivity index (χ2n) is 7.34. The van der Waals surface area contributed by atoms with Gasteiger partial charge in [-0.15, -0.1) is 0 Å². The van der Waals surface area contributed by atoms with Crippen LogP contribution in [-0.4, -0.2) is 42.0 Å². The van der Waals surface area contributed by atoms with Gasteiger partial charge in [-0.2, -0.15) is 0 Å². The lowest BCUT2D eigenvalue weighted by Crippen LogP contribution is -2.45. The fourth-order valence-electron chi connectivity index (χ4n) is 3.60. The summed E-state index contributed by atoms with van der Waals surface area (Å²) < 4.78 is 5.81. The van der Waals surface area contributed by atoms with Gasteiger partial charge >= 0.3 is 0 Å². The van der Waals surface area contributed by atoms with Gasteiger partial charge in [0.15, 0.2) is 0 Å². The van der Waals surface area contributed by atoms with Gasteiger partial charge in [0.25, 0.3) is 5.91 Å². The van der Waals surface area contributed by atoms with Crippen molar-refractivity contribution >= 4 is 11.8 Å². The summed E-state index contributed by atoms with van der Waals surface area (Å²) in [5.41, 5.74) is 8.41. The van der Waals surface area contributed by atoms with Gasteiger partial charge in [-0.05, 0) is 49.2 Å². The predicted molar refractivity (Wildman–Crippen MR) is 108 cm³/mol. The van der Waals surface area contributed by atoms with Crippen LogP contribution in [0, 0.1) is 0 Å². The summed E-state index contributed by atoms with van der Waals surface area (Å²) in [6.45, 7) is 7.27. The van der Waals surface area contributed by atoms with E-state index in [1.165, 1.54) is 5.56 Å². The van der Waals surface area contributed by atoms with Crippen molar-refractivity contribution in [3.8, 4) is 0 Å². The van der Waals surface area contributed by atoms with Crippen LogP contribution in [0.25, 0.3) is 0 Å². The van der Waals surface area contributed by atoms with Crippen molar-refractivity contribution in [1.29, 1.82) is 0 Å². The standard InChI is InChI=1S/C22H27N3O3/c1-15-12-25(13-16(2)28-15)14-20-6-4-3-5-19(20)11-24-22(27)18-9-7-17(8-10-18)21(23)26/h3-10,15-16H,11-14H2,1-2H3,(H2,23,26)(H,24,27). The Kier molecular flexibility index (Phi) is 6.44. The predicted octanol–water partition coefficient (Wildman–Crippen LogP) is 2.32. The average molecular weight is 381 g/mol. The van der Waals surface area contributed by atoms with Crippen molar-refractivity contribution in [2.75, 3.05) is 13.1 Å². The molecule has 2 aromatic carbocycles. The molecular formula is C22H27N3O3. The molecule has 6 nitrogen and oxygen atoms in total. The van der Waals surface area contributed by atoms with Crippen LogP contribution in [0.15, 0.2) is 48.5 Å². The molecule has 2 aromatic rings. The molecule has 1 aliphatic heterocycles. The molecule has 1 fully saturated rings. The molecule has 148 valence electrons. The molecule has 28 heavy (non-hydrogen) atoms. The van der Waals surface area contributed by atoms with Crippen LogP contribution >= 0.6 is 0 Å². The van der Waals surface area contributed by atoms with Crippen molar-refractivity contribution in [1.82, 2.24) is 10.2 Å². The number of carbonyl (C=O) groups is 2. The Morgan fingerprint density at radius 2 is 1.57 bits per heavy atom. The maximum atomic E-state index is 12.4. The Balaban J connectivity index is 1.63. The van der Waals surface area contributed by atoms with E-state index in [4.69, 9.17) is 10.5 Å². The van der Waals surface area contributed by atoms with E-state index in [-0.39, 0.29) is 18.1 Å². The molecule has 2 unspecified atom stereocenters. The van der Waals surface area contributed by atoms with Crippen LogP contribution in [0.3, 0.4) is 0 Å². The molecule has 0 spiro atoms. The smallest absolute Gasteiger partial charge is 0.251 e. The Morgan fingerprint density at radius 1 is 1.00 bits per heavy atom. The van der Waals surface area contributed by atoms with Gasteiger partial charge in [-0.1, -0.05) is 24.3 Å². The first-order valence-electron chi connectivity index (χ1n) is 9.55. The van der Waals surface area contributed by atoms with E-state index in [0.29, 0.717) is 17.7 Å². The molecule has 2 atom stereocenters. The van der Waals surface area contributed by atoms with E-state index < -0.39 is 5.91 Å². The first-order chi connectivity index (χ1) is 13.4. The third-order valence-electron chi connectivity index (χ3n) is 4.88. The van der Waals surface area contributed by atoms with Crippen LogP contribution in [0.4, 0.5) is 0 Å². The molecule has 1 saturated heterocycles. The Hall–Kier alpha value is -2.70. The molecule has 0 aromatic heterocycles. The third-order valence-corrected chi connectivity index (χ3v) is 4.88. The van der Waals surface area contributed by atoms with Crippen LogP contribution in [0.1, 0.15) is 45.7 Å². The van der Waals surface area contributed by atoms with Crippen molar-refractivity contribution in [3.63, 3.8) is 0 Å². The summed E-state index contributed by atoms with van der Waals surface area (Å²) in [7, 11) is 0. The zero-order valence-corrected chi connectivity index (χ0v) is 16.4. The molecule has 0 saturated carbocycles. The highest BCUT2D eigenvalue weighted by molar-refractivity contribution is 5.97. The third kappa shape index (κ3) is 5.18. The Labute approximate surface area is 165 Å². The number of carbonyl (C=O) groups excluding carboxylic acids is 2. The highest BCUT2D eigenvalue weighted by atomic mass is 16.5. The number of amides is 2. The van der Waals surface area contributed by atoms with Gasteiger partial charge in [-0.3, -0.25) is 14.5 Å². The molecule has 6 heteroatoms. The largest absolute Gasteiger partial charge is 0.373 e. The molecule has 1 aliphatic rings. The second-order valence-corrected chi connectivity index (χ2v) is 7.34. The normalized spacial score (nSPS) is 19.9. The zero-order chi connectivity index (χ0) is 20.1. The Bertz CT molecular complexity index is 825. The minimum atomic E-state index is -0.507. The number of rotatable bonds is 6. The van der Waals surface area contributed by atoms with Crippen molar-refractivity contribution in [3.05, 3.63) is 70.8 Å². The number of primary amides is 1. The number of nitrogens with one attached hydrogen (secondary N) is 1. The highest BCUT2D eigenvalue weighted by Crippen LogP contribution is 2.17. The quantitative estimate of drug-likeness (QED) is 0.804. The van der Waals surface area contributed by atoms with E-state index in [1.807, 2.05) is 18.2 Å². The zero-order valence-electron chi connectivity index (χ0n) is 16.4. The number of hydrogen-bond acceptors (Lipinski definition) is 4. The van der Waals surface area contributed by atoms with Gasteiger partial charge in [0.05, 0.1) is 12.2 Å². The van der Waals surface area contributed by atoms with Gasteiger partial charge in [0.1, 0.15) is 0 Å². The molecule has 0 radical (unpaired) electrons. The average Bonchev–Trinajstić information content (AvgIpc) is 2.66. The van der Waals surface area contributed by atoms with E-state index in [0.717, 1.165) is 25.2 Å². The SMILES string of the molecule is CC1CN(Cc2ccccc2CNC(=O)c2ccc(C(N)=O)cc2)CC(C)O1. The molecule has 2 amide bonds. The van der Waals surface area contributed by atoms with Crippen LogP contribution in [0.5, 0.6) is 0 Å². The summed E-state index contributed by atoms with van der Waals surface area (Å²) >= 11 is 0. The summed E-state index contributed by atoms with van der Waals surface area (Å²) in [5.74, 6) is -0.688. The maximum absolute atomic E-state index is 12.4. The second kappa shape index (κ2) is 8.99. The van der Waals surface area contributed by atoms with Crippen LogP contribution in [-0.2, 0) is 17.8 Å². The van der Waals surface area contributed by atoms with E-state index in [1.54, 1.807) is 24.3 Å². The van der Waals surface area contributed by atoms with Crippen molar-refractivity contribution in [2.24, 2.45) is 5.73 Å². The minimum absolute atomic E-state index is 0.181. The molecule has 0 aliphatic carbocycles. The number of nitrogens with two attached hydrogens (primary N) is 1. The summed E-state index contributed by atoms with van der Waals surface area (Å²) in [6.07, 6.45) is 0.443. The van der Waals surface area contributed by atoms with Gasteiger partial charge < -0.3 is 15.8 Å². The number of hydrogen-bond donors (Lipinski definition) is 2. The molecule has 3 N–H and O–H groups in total. The van der Waals surface area contributed by atoms with Gasteiger partial charge in [0.2, 0.25) is 5.91 Å². The van der Waals surface area contributed by atoms with E-state index in [2.05, 4.69) is 30.1 Å². The fraction of sp³-hybridized carbons (Fsp3) is 0.364. The fourth-order valence-corrected chi connectivity index (χ4v) is 3.60. The lowest BCUT2D eigenvalue weighted by Gasteiger charge is -2.35. The summed E-state index contributed by atoms with van der Waals surface area (Å²) in [4.78, 5) is 26.0. The first kappa shape index (κ1) is 20.0. The molecule has 0 bridgehead atoms. The molecule has 1 heterocycles. The Morgan fingerprint density at radius 3 is 2.18 bits per heavy atom. The topological polar surface area (TPSA) is 84.7 Å². The molecule has 3 rings (SSSR count). The lowest BCUT2D eigenvalue weighted by molar-refractivity contribution is -0.0705. The molecular weight excluding hydrogens is 354 g/mol. The van der Waals surface area contributed by atoms with Crippen molar-refractivity contribution < 1.29 is 14.3 Å². The maximum Gasteiger partial charge on any atom is 0.251 e. The first-order valence-corrected chi connectivity index (χ1v) is 9.55. The number of ether oxygens (including phenoxy) is 1. The van der Waals surface area contributed by atoms with Gasteiger partial charge in [0, 0.05) is 37.3 Å². The van der Waals surface area contributed by atoms with E-state index >= 15 is 0 Å². The highest BCUT2D eigenvalue weighted by Gasteiger charge is 2.22. The number of benzene rings is 2. The van der Waals surface area contributed by atoms with E-state index in [9.17, 15) is 9.59 Å².